The Labute approximate surface area is 136 Å². The molecule has 0 unspecified atom stereocenters. The summed E-state index contributed by atoms with van der Waals surface area (Å²) in [7, 11) is 1.64. The van der Waals surface area contributed by atoms with E-state index in [4.69, 9.17) is 4.74 Å². The molecule has 3 nitrogen and oxygen atoms in total. The summed E-state index contributed by atoms with van der Waals surface area (Å²) in [6.07, 6.45) is 0. The van der Waals surface area contributed by atoms with Gasteiger partial charge in [0.1, 0.15) is 10.8 Å². The van der Waals surface area contributed by atoms with Crippen LogP contribution >= 0.6 is 27.3 Å². The molecule has 0 radical (unpaired) electrons. The van der Waals surface area contributed by atoms with Gasteiger partial charge < -0.3 is 10.1 Å². The van der Waals surface area contributed by atoms with E-state index < -0.39 is 0 Å². The molecule has 2 aromatic rings. The minimum absolute atomic E-state index is 0.265. The Hall–Kier alpha value is -0.820. The van der Waals surface area contributed by atoms with Gasteiger partial charge in [-0.25, -0.2) is 9.37 Å². The van der Waals surface area contributed by atoms with E-state index in [1.165, 1.54) is 17.4 Å². The molecule has 0 aliphatic carbocycles. The van der Waals surface area contributed by atoms with Gasteiger partial charge in [-0.3, -0.25) is 0 Å². The third kappa shape index (κ3) is 4.32. The SMILES string of the molecule is COCc1nc(-c2cc(Br)ccc2F)sc1CNC(C)C. The van der Waals surface area contributed by atoms with Crippen molar-refractivity contribution in [1.29, 1.82) is 0 Å². The Balaban J connectivity index is 2.35. The van der Waals surface area contributed by atoms with Crippen molar-refractivity contribution in [2.45, 2.75) is 33.0 Å². The lowest BCUT2D eigenvalue weighted by Gasteiger charge is -2.07. The first kappa shape index (κ1) is 16.5. The highest BCUT2D eigenvalue weighted by Crippen LogP contribution is 2.32. The standard InChI is InChI=1S/C15H18BrFN2OS/c1-9(2)18-7-14-13(8-20-3)19-15(21-14)11-6-10(16)4-5-12(11)17/h4-6,9,18H,7-8H2,1-3H3. The monoisotopic (exact) mass is 372 g/mol. The number of hydrogen-bond acceptors (Lipinski definition) is 4. The lowest BCUT2D eigenvalue weighted by Crippen LogP contribution is -2.21. The Morgan fingerprint density at radius 2 is 2.19 bits per heavy atom. The maximum Gasteiger partial charge on any atom is 0.133 e. The number of methoxy groups -OCH3 is 1. The lowest BCUT2D eigenvalue weighted by atomic mass is 10.2. The minimum atomic E-state index is -0.265. The summed E-state index contributed by atoms with van der Waals surface area (Å²) in [5.41, 5.74) is 1.38. The molecule has 0 amide bonds. The number of rotatable bonds is 6. The summed E-state index contributed by atoms with van der Waals surface area (Å²) in [5, 5.41) is 4.05. The Morgan fingerprint density at radius 1 is 1.43 bits per heavy atom. The van der Waals surface area contributed by atoms with Gasteiger partial charge in [0, 0.05) is 34.6 Å². The first-order valence-corrected chi connectivity index (χ1v) is 8.28. The van der Waals surface area contributed by atoms with Crippen molar-refractivity contribution in [3.8, 4) is 10.6 Å². The van der Waals surface area contributed by atoms with Gasteiger partial charge in [-0.1, -0.05) is 29.8 Å². The average Bonchev–Trinajstić information content (AvgIpc) is 2.83. The highest BCUT2D eigenvalue weighted by atomic mass is 79.9. The molecule has 21 heavy (non-hydrogen) atoms. The van der Waals surface area contributed by atoms with Crippen molar-refractivity contribution in [2.75, 3.05) is 7.11 Å². The Morgan fingerprint density at radius 3 is 2.86 bits per heavy atom. The summed E-state index contributed by atoms with van der Waals surface area (Å²) in [4.78, 5) is 5.63. The van der Waals surface area contributed by atoms with Crippen LogP contribution in [0.3, 0.4) is 0 Å². The Bertz CT molecular complexity index is 616. The van der Waals surface area contributed by atoms with Gasteiger partial charge in [0.25, 0.3) is 0 Å². The zero-order valence-electron chi connectivity index (χ0n) is 12.2. The summed E-state index contributed by atoms with van der Waals surface area (Å²) >= 11 is 4.88. The molecular formula is C15H18BrFN2OS. The second kappa shape index (κ2) is 7.45. The van der Waals surface area contributed by atoms with Gasteiger partial charge in [0.2, 0.25) is 0 Å². The fourth-order valence-corrected chi connectivity index (χ4v) is 3.24. The van der Waals surface area contributed by atoms with E-state index in [1.807, 2.05) is 0 Å². The van der Waals surface area contributed by atoms with E-state index in [9.17, 15) is 4.39 Å². The zero-order chi connectivity index (χ0) is 15.4. The molecule has 0 saturated carbocycles. The number of hydrogen-bond donors (Lipinski definition) is 1. The van der Waals surface area contributed by atoms with Crippen molar-refractivity contribution in [1.82, 2.24) is 10.3 Å². The van der Waals surface area contributed by atoms with E-state index in [1.54, 1.807) is 19.2 Å². The van der Waals surface area contributed by atoms with Crippen LogP contribution in [0.5, 0.6) is 0 Å². The van der Waals surface area contributed by atoms with Gasteiger partial charge in [-0.15, -0.1) is 11.3 Å². The maximum atomic E-state index is 14.0. The van der Waals surface area contributed by atoms with Crippen molar-refractivity contribution in [3.05, 3.63) is 39.1 Å². The number of nitrogens with one attached hydrogen (secondary N) is 1. The van der Waals surface area contributed by atoms with E-state index >= 15 is 0 Å². The van der Waals surface area contributed by atoms with Crippen LogP contribution in [-0.2, 0) is 17.9 Å². The normalized spacial score (nSPS) is 11.3. The minimum Gasteiger partial charge on any atom is -0.378 e. The van der Waals surface area contributed by atoms with Crippen LogP contribution in [0.2, 0.25) is 0 Å². The molecule has 6 heteroatoms. The Kier molecular flexibility index (Phi) is 5.87. The number of aromatic nitrogens is 1. The van der Waals surface area contributed by atoms with Crippen LogP contribution in [0.1, 0.15) is 24.4 Å². The van der Waals surface area contributed by atoms with Crippen LogP contribution in [0.15, 0.2) is 22.7 Å². The molecule has 1 aromatic carbocycles. The van der Waals surface area contributed by atoms with E-state index in [0.29, 0.717) is 29.8 Å². The average molecular weight is 373 g/mol. The van der Waals surface area contributed by atoms with Crippen LogP contribution < -0.4 is 5.32 Å². The summed E-state index contributed by atoms with van der Waals surface area (Å²) < 4.78 is 20.0. The second-order valence-electron chi connectivity index (χ2n) is 4.98. The fraction of sp³-hybridized carbons (Fsp3) is 0.400. The highest BCUT2D eigenvalue weighted by molar-refractivity contribution is 9.10. The third-order valence-electron chi connectivity index (χ3n) is 2.89. The van der Waals surface area contributed by atoms with Gasteiger partial charge in [-0.2, -0.15) is 0 Å². The molecule has 114 valence electrons. The molecule has 0 bridgehead atoms. The topological polar surface area (TPSA) is 34.1 Å². The molecule has 1 N–H and O–H groups in total. The predicted molar refractivity (Wildman–Crippen MR) is 87.9 cm³/mol. The molecule has 2 rings (SSSR count). The van der Waals surface area contributed by atoms with Crippen LogP contribution in [0, 0.1) is 5.82 Å². The summed E-state index contributed by atoms with van der Waals surface area (Å²) in [5.74, 6) is -0.265. The first-order chi connectivity index (χ1) is 10.0. The summed E-state index contributed by atoms with van der Waals surface area (Å²) in [6, 6.07) is 5.27. The van der Waals surface area contributed by atoms with E-state index in [-0.39, 0.29) is 5.82 Å². The quantitative estimate of drug-likeness (QED) is 0.817. The molecule has 0 saturated heterocycles. The zero-order valence-corrected chi connectivity index (χ0v) is 14.6. The molecule has 0 spiro atoms. The van der Waals surface area contributed by atoms with Gasteiger partial charge in [0.15, 0.2) is 0 Å². The molecular weight excluding hydrogens is 355 g/mol. The largest absolute Gasteiger partial charge is 0.378 e. The molecule has 1 aromatic heterocycles. The van der Waals surface area contributed by atoms with Gasteiger partial charge in [0.05, 0.1) is 12.3 Å². The number of ether oxygens (including phenoxy) is 1. The summed E-state index contributed by atoms with van der Waals surface area (Å²) in [6.45, 7) is 5.32. The van der Waals surface area contributed by atoms with E-state index in [2.05, 4.69) is 40.1 Å². The molecule has 1 heterocycles. The van der Waals surface area contributed by atoms with Gasteiger partial charge in [-0.05, 0) is 18.2 Å². The van der Waals surface area contributed by atoms with Crippen molar-refractivity contribution < 1.29 is 9.13 Å². The predicted octanol–water partition coefficient (Wildman–Crippen LogP) is 4.36. The van der Waals surface area contributed by atoms with Crippen LogP contribution in [0.4, 0.5) is 4.39 Å². The highest BCUT2D eigenvalue weighted by Gasteiger charge is 2.15. The number of thiazole rings is 1. The number of benzene rings is 1. The third-order valence-corrected chi connectivity index (χ3v) is 4.51. The number of nitrogens with zero attached hydrogens (tertiary/aromatic N) is 1. The van der Waals surface area contributed by atoms with Gasteiger partial charge >= 0.3 is 0 Å². The second-order valence-corrected chi connectivity index (χ2v) is 6.98. The van der Waals surface area contributed by atoms with Crippen molar-refractivity contribution in [2.24, 2.45) is 0 Å². The van der Waals surface area contributed by atoms with Crippen LogP contribution in [-0.4, -0.2) is 18.1 Å². The van der Waals surface area contributed by atoms with Crippen molar-refractivity contribution >= 4 is 27.3 Å². The molecule has 0 atom stereocenters. The lowest BCUT2D eigenvalue weighted by molar-refractivity contribution is 0.181. The smallest absolute Gasteiger partial charge is 0.133 e. The number of halogens is 2. The van der Waals surface area contributed by atoms with E-state index in [0.717, 1.165) is 15.0 Å². The van der Waals surface area contributed by atoms with Crippen LogP contribution in [0.25, 0.3) is 10.6 Å². The van der Waals surface area contributed by atoms with Crippen molar-refractivity contribution in [3.63, 3.8) is 0 Å². The molecule has 0 aliphatic rings. The maximum absolute atomic E-state index is 14.0. The first-order valence-electron chi connectivity index (χ1n) is 6.67. The molecule has 0 aliphatic heterocycles. The fourth-order valence-electron chi connectivity index (χ4n) is 1.84. The molecule has 0 fully saturated rings.